The Balaban J connectivity index is 1.30. The molecule has 2 saturated heterocycles. The number of aliphatic hydroxyl groups excluding tert-OH is 1. The van der Waals surface area contributed by atoms with Gasteiger partial charge in [0.05, 0.1) is 18.8 Å². The van der Waals surface area contributed by atoms with Gasteiger partial charge in [0.1, 0.15) is 0 Å². The summed E-state index contributed by atoms with van der Waals surface area (Å²) in [5, 5.41) is 10.6. The Labute approximate surface area is 155 Å². The van der Waals surface area contributed by atoms with Gasteiger partial charge in [-0.3, -0.25) is 0 Å². The number of benzene rings is 2. The first-order valence-corrected chi connectivity index (χ1v) is 9.02. The summed E-state index contributed by atoms with van der Waals surface area (Å²) in [6.07, 6.45) is -1.40. The van der Waals surface area contributed by atoms with E-state index in [1.165, 1.54) is 0 Å². The molecular formula is C20H18O7. The molecule has 4 aliphatic rings. The van der Waals surface area contributed by atoms with Crippen LogP contribution < -0.4 is 18.9 Å². The lowest BCUT2D eigenvalue weighted by Gasteiger charge is -2.20. The summed E-state index contributed by atoms with van der Waals surface area (Å²) in [6.45, 7) is 0.975. The van der Waals surface area contributed by atoms with Crippen molar-refractivity contribution in [3.8, 4) is 23.0 Å². The van der Waals surface area contributed by atoms with Gasteiger partial charge in [0, 0.05) is 11.8 Å². The number of hydrogen-bond donors (Lipinski definition) is 1. The first kappa shape index (κ1) is 15.6. The maximum Gasteiger partial charge on any atom is 0.231 e. The van der Waals surface area contributed by atoms with Crippen molar-refractivity contribution in [2.45, 2.75) is 18.5 Å². The lowest BCUT2D eigenvalue weighted by Crippen LogP contribution is -2.22. The van der Waals surface area contributed by atoms with Crippen molar-refractivity contribution in [3.63, 3.8) is 0 Å². The Kier molecular flexibility index (Phi) is 3.32. The Hall–Kier alpha value is -2.48. The van der Waals surface area contributed by atoms with E-state index < -0.39 is 6.29 Å². The van der Waals surface area contributed by atoms with Gasteiger partial charge in [0.15, 0.2) is 29.3 Å². The Morgan fingerprint density at radius 1 is 0.741 bits per heavy atom. The standard InChI is InChI=1S/C20H18O7/c21-20-17-12(18(27-20)10-1-3-13-15(5-10)25-8-23-13)7-22-19(17)11-2-4-14-16(6-11)26-9-24-14/h1-6,12,17-21H,7-9H2/t12-,17-,18+,19+,20?/m0/s1. The van der Waals surface area contributed by atoms with Gasteiger partial charge in [-0.15, -0.1) is 0 Å². The Morgan fingerprint density at radius 2 is 1.33 bits per heavy atom. The van der Waals surface area contributed by atoms with E-state index in [0.717, 1.165) is 22.6 Å². The smallest absolute Gasteiger partial charge is 0.231 e. The number of ether oxygens (including phenoxy) is 6. The van der Waals surface area contributed by atoms with E-state index in [-0.39, 0.29) is 37.6 Å². The molecule has 7 nitrogen and oxygen atoms in total. The third kappa shape index (κ3) is 2.32. The minimum Gasteiger partial charge on any atom is -0.454 e. The van der Waals surface area contributed by atoms with Crippen LogP contribution in [0.3, 0.4) is 0 Å². The van der Waals surface area contributed by atoms with E-state index in [0.29, 0.717) is 18.1 Å². The topological polar surface area (TPSA) is 75.6 Å². The lowest BCUT2D eigenvalue weighted by molar-refractivity contribution is -0.134. The lowest BCUT2D eigenvalue weighted by atomic mass is 9.84. The third-order valence-electron chi connectivity index (χ3n) is 5.77. The quantitative estimate of drug-likeness (QED) is 0.871. The SMILES string of the molecule is OC1O[C@H](c2ccc3c(c2)OCO3)[C@H]2CO[C@H](c3ccc4c(c3)OCO4)[C@@H]12. The molecule has 4 aliphatic heterocycles. The average Bonchev–Trinajstić information content (AvgIpc) is 3.45. The van der Waals surface area contributed by atoms with Gasteiger partial charge in [-0.05, 0) is 35.4 Å². The van der Waals surface area contributed by atoms with Crippen LogP contribution in [-0.4, -0.2) is 31.6 Å². The van der Waals surface area contributed by atoms with Crippen molar-refractivity contribution >= 4 is 0 Å². The molecule has 0 bridgehead atoms. The summed E-state index contributed by atoms with van der Waals surface area (Å²) < 4.78 is 33.7. The monoisotopic (exact) mass is 370 g/mol. The highest BCUT2D eigenvalue weighted by Crippen LogP contribution is 2.54. The molecule has 5 atom stereocenters. The van der Waals surface area contributed by atoms with Gasteiger partial charge < -0.3 is 33.5 Å². The third-order valence-corrected chi connectivity index (χ3v) is 5.77. The van der Waals surface area contributed by atoms with E-state index in [1.807, 2.05) is 36.4 Å². The second-order valence-electron chi connectivity index (χ2n) is 7.17. The summed E-state index contributed by atoms with van der Waals surface area (Å²) in [4.78, 5) is 0. The summed E-state index contributed by atoms with van der Waals surface area (Å²) in [5.74, 6) is 2.78. The predicted molar refractivity (Wildman–Crippen MR) is 90.6 cm³/mol. The molecule has 0 saturated carbocycles. The van der Waals surface area contributed by atoms with E-state index in [2.05, 4.69) is 0 Å². The van der Waals surface area contributed by atoms with Gasteiger partial charge in [0.2, 0.25) is 13.6 Å². The van der Waals surface area contributed by atoms with Crippen LogP contribution in [0.5, 0.6) is 23.0 Å². The van der Waals surface area contributed by atoms with Crippen molar-refractivity contribution in [1.82, 2.24) is 0 Å². The van der Waals surface area contributed by atoms with Crippen LogP contribution >= 0.6 is 0 Å². The first-order chi connectivity index (χ1) is 13.3. The molecule has 4 heterocycles. The van der Waals surface area contributed by atoms with Gasteiger partial charge in [-0.1, -0.05) is 12.1 Å². The van der Waals surface area contributed by atoms with Crippen LogP contribution in [-0.2, 0) is 9.47 Å². The molecule has 27 heavy (non-hydrogen) atoms. The fraction of sp³-hybridized carbons (Fsp3) is 0.400. The maximum atomic E-state index is 10.6. The van der Waals surface area contributed by atoms with Crippen LogP contribution in [0.2, 0.25) is 0 Å². The van der Waals surface area contributed by atoms with Crippen LogP contribution in [0.4, 0.5) is 0 Å². The molecule has 0 radical (unpaired) electrons. The molecule has 1 N–H and O–H groups in total. The zero-order chi connectivity index (χ0) is 18.0. The van der Waals surface area contributed by atoms with E-state index in [4.69, 9.17) is 28.4 Å². The van der Waals surface area contributed by atoms with Crippen molar-refractivity contribution in [2.75, 3.05) is 20.2 Å². The second kappa shape index (κ2) is 5.76. The minimum absolute atomic E-state index is 0.0517. The molecule has 0 aliphatic carbocycles. The maximum absolute atomic E-state index is 10.6. The number of rotatable bonds is 2. The fourth-order valence-electron chi connectivity index (χ4n) is 4.48. The largest absolute Gasteiger partial charge is 0.454 e. The Bertz CT molecular complexity index is 842. The van der Waals surface area contributed by atoms with E-state index >= 15 is 0 Å². The van der Waals surface area contributed by atoms with Crippen molar-refractivity contribution in [2.24, 2.45) is 11.8 Å². The summed E-state index contributed by atoms with van der Waals surface area (Å²) in [5.41, 5.74) is 1.92. The highest BCUT2D eigenvalue weighted by Gasteiger charge is 2.53. The summed E-state index contributed by atoms with van der Waals surface area (Å²) in [6, 6.07) is 11.5. The first-order valence-electron chi connectivity index (χ1n) is 9.02. The Morgan fingerprint density at radius 3 is 2.00 bits per heavy atom. The molecule has 0 aromatic heterocycles. The van der Waals surface area contributed by atoms with Crippen molar-refractivity contribution < 1.29 is 33.5 Å². The molecule has 7 heteroatoms. The molecule has 2 aromatic rings. The zero-order valence-electron chi connectivity index (χ0n) is 14.4. The molecule has 140 valence electrons. The average molecular weight is 370 g/mol. The zero-order valence-corrected chi connectivity index (χ0v) is 14.4. The van der Waals surface area contributed by atoms with Crippen LogP contribution in [0.15, 0.2) is 36.4 Å². The normalized spacial score (nSPS) is 32.7. The van der Waals surface area contributed by atoms with E-state index in [1.54, 1.807) is 0 Å². The molecule has 6 rings (SSSR count). The molecular weight excluding hydrogens is 352 g/mol. The molecule has 1 unspecified atom stereocenters. The van der Waals surface area contributed by atoms with Gasteiger partial charge in [-0.25, -0.2) is 0 Å². The minimum atomic E-state index is -0.900. The molecule has 0 amide bonds. The summed E-state index contributed by atoms with van der Waals surface area (Å²) in [7, 11) is 0. The number of aliphatic hydroxyl groups is 1. The predicted octanol–water partition coefficient (Wildman–Crippen LogP) is 2.54. The van der Waals surface area contributed by atoms with Crippen molar-refractivity contribution in [1.29, 1.82) is 0 Å². The van der Waals surface area contributed by atoms with Gasteiger partial charge >= 0.3 is 0 Å². The highest BCUT2D eigenvalue weighted by molar-refractivity contribution is 5.47. The fourth-order valence-corrected chi connectivity index (χ4v) is 4.48. The van der Waals surface area contributed by atoms with E-state index in [9.17, 15) is 5.11 Å². The molecule has 2 aromatic carbocycles. The highest BCUT2D eigenvalue weighted by atomic mass is 16.7. The number of hydrogen-bond acceptors (Lipinski definition) is 7. The number of fused-ring (bicyclic) bond motifs is 3. The molecule has 2 fully saturated rings. The van der Waals surface area contributed by atoms with Crippen molar-refractivity contribution in [3.05, 3.63) is 47.5 Å². The second-order valence-corrected chi connectivity index (χ2v) is 7.17. The molecule has 0 spiro atoms. The van der Waals surface area contributed by atoms with Crippen LogP contribution in [0.1, 0.15) is 23.3 Å². The van der Waals surface area contributed by atoms with Gasteiger partial charge in [0.25, 0.3) is 0 Å². The summed E-state index contributed by atoms with van der Waals surface area (Å²) >= 11 is 0. The van der Waals surface area contributed by atoms with Crippen LogP contribution in [0.25, 0.3) is 0 Å². The van der Waals surface area contributed by atoms with Gasteiger partial charge in [-0.2, -0.15) is 0 Å². The van der Waals surface area contributed by atoms with Crippen LogP contribution in [0, 0.1) is 11.8 Å².